The third kappa shape index (κ3) is 3.64. The number of carbonyl (C=O) groups excluding carboxylic acids is 2. The normalized spacial score (nSPS) is 20.5. The van der Waals surface area contributed by atoms with Gasteiger partial charge in [-0.25, -0.2) is 0 Å². The van der Waals surface area contributed by atoms with Crippen molar-refractivity contribution in [2.75, 3.05) is 13.2 Å². The van der Waals surface area contributed by atoms with Crippen LogP contribution >= 0.6 is 0 Å². The highest BCUT2D eigenvalue weighted by molar-refractivity contribution is 5.96. The fourth-order valence-corrected chi connectivity index (χ4v) is 2.86. The van der Waals surface area contributed by atoms with Crippen LogP contribution in [-0.2, 0) is 4.79 Å². The van der Waals surface area contributed by atoms with Crippen LogP contribution in [0.3, 0.4) is 0 Å². The molecule has 0 spiro atoms. The molecule has 1 aliphatic rings. The highest BCUT2D eigenvalue weighted by atomic mass is 16.6. The first-order valence-electron chi connectivity index (χ1n) is 7.86. The van der Waals surface area contributed by atoms with E-state index in [1.807, 2.05) is 6.92 Å². The van der Waals surface area contributed by atoms with Crippen LogP contribution in [-0.4, -0.2) is 40.8 Å². The average Bonchev–Trinajstić information content (AvgIpc) is 2.54. The van der Waals surface area contributed by atoms with Crippen LogP contribution in [0.25, 0.3) is 0 Å². The SMILES string of the molecule is CCOc1ccc(C(=O)N2CC(C(N)=O)CCC2C)cc1[N+](=O)[O-]. The quantitative estimate of drug-likeness (QED) is 0.649. The van der Waals surface area contributed by atoms with Gasteiger partial charge in [-0.05, 0) is 38.8 Å². The number of nitrogens with zero attached hydrogens (tertiary/aromatic N) is 2. The number of primary amides is 1. The third-order valence-corrected chi connectivity index (χ3v) is 4.25. The summed E-state index contributed by atoms with van der Waals surface area (Å²) in [4.78, 5) is 36.3. The molecule has 1 aromatic carbocycles. The van der Waals surface area contributed by atoms with Crippen molar-refractivity contribution in [3.63, 3.8) is 0 Å². The van der Waals surface area contributed by atoms with Crippen molar-refractivity contribution >= 4 is 17.5 Å². The zero-order chi connectivity index (χ0) is 17.9. The third-order valence-electron chi connectivity index (χ3n) is 4.25. The molecule has 2 rings (SSSR count). The van der Waals surface area contributed by atoms with Gasteiger partial charge in [0.2, 0.25) is 5.91 Å². The molecule has 8 nitrogen and oxygen atoms in total. The van der Waals surface area contributed by atoms with Gasteiger partial charge in [0.05, 0.1) is 17.4 Å². The first-order chi connectivity index (χ1) is 11.3. The molecular weight excluding hydrogens is 314 g/mol. The lowest BCUT2D eigenvalue weighted by atomic mass is 9.92. The maximum absolute atomic E-state index is 12.7. The van der Waals surface area contributed by atoms with Crippen molar-refractivity contribution in [3.8, 4) is 5.75 Å². The Morgan fingerprint density at radius 3 is 2.71 bits per heavy atom. The fourth-order valence-electron chi connectivity index (χ4n) is 2.86. The molecule has 0 aromatic heterocycles. The Morgan fingerprint density at radius 1 is 1.42 bits per heavy atom. The van der Waals surface area contributed by atoms with Crippen LogP contribution in [0.4, 0.5) is 5.69 Å². The predicted octanol–water partition coefficient (Wildman–Crippen LogP) is 1.72. The molecule has 2 unspecified atom stereocenters. The van der Waals surface area contributed by atoms with Crippen molar-refractivity contribution in [2.45, 2.75) is 32.7 Å². The Bertz CT molecular complexity index is 661. The lowest BCUT2D eigenvalue weighted by Gasteiger charge is -2.37. The molecule has 24 heavy (non-hydrogen) atoms. The van der Waals surface area contributed by atoms with Crippen molar-refractivity contribution in [3.05, 3.63) is 33.9 Å². The number of nitro benzene ring substituents is 1. The first-order valence-corrected chi connectivity index (χ1v) is 7.86. The minimum absolute atomic E-state index is 0.0567. The largest absolute Gasteiger partial charge is 0.487 e. The number of likely N-dealkylation sites (tertiary alicyclic amines) is 1. The Hall–Kier alpha value is -2.64. The number of piperidine rings is 1. The molecule has 130 valence electrons. The monoisotopic (exact) mass is 335 g/mol. The summed E-state index contributed by atoms with van der Waals surface area (Å²) in [5.74, 6) is -1.04. The van der Waals surface area contributed by atoms with Gasteiger partial charge in [0, 0.05) is 24.2 Å². The van der Waals surface area contributed by atoms with E-state index in [-0.39, 0.29) is 48.0 Å². The Balaban J connectivity index is 2.29. The smallest absolute Gasteiger partial charge is 0.311 e. The first kappa shape index (κ1) is 17.7. The van der Waals surface area contributed by atoms with Crippen molar-refractivity contribution < 1.29 is 19.2 Å². The molecule has 0 saturated carbocycles. The van der Waals surface area contributed by atoms with Crippen LogP contribution < -0.4 is 10.5 Å². The standard InChI is InChI=1S/C16H21N3O5/c1-3-24-14-7-6-11(8-13(14)19(22)23)16(21)18-9-12(15(17)20)5-4-10(18)2/h6-8,10,12H,3-5,9H2,1-2H3,(H2,17,20). The van der Waals surface area contributed by atoms with Gasteiger partial charge in [0.25, 0.3) is 5.91 Å². The van der Waals surface area contributed by atoms with Gasteiger partial charge in [-0.1, -0.05) is 0 Å². The summed E-state index contributed by atoms with van der Waals surface area (Å²) in [6.07, 6.45) is 1.31. The molecule has 2 atom stereocenters. The van der Waals surface area contributed by atoms with Crippen LogP contribution in [0, 0.1) is 16.0 Å². The molecule has 2 N–H and O–H groups in total. The highest BCUT2D eigenvalue weighted by Gasteiger charge is 2.32. The van der Waals surface area contributed by atoms with E-state index in [0.29, 0.717) is 12.8 Å². The van der Waals surface area contributed by atoms with Crippen molar-refractivity contribution in [1.82, 2.24) is 4.90 Å². The summed E-state index contributed by atoms with van der Waals surface area (Å²) in [7, 11) is 0. The van der Waals surface area contributed by atoms with E-state index in [9.17, 15) is 19.7 Å². The maximum Gasteiger partial charge on any atom is 0.311 e. The van der Waals surface area contributed by atoms with Gasteiger partial charge in [-0.3, -0.25) is 19.7 Å². The topological polar surface area (TPSA) is 116 Å². The second kappa shape index (κ2) is 7.29. The van der Waals surface area contributed by atoms with Gasteiger partial charge in [-0.2, -0.15) is 0 Å². The van der Waals surface area contributed by atoms with E-state index in [2.05, 4.69) is 0 Å². The summed E-state index contributed by atoms with van der Waals surface area (Å²) >= 11 is 0. The van der Waals surface area contributed by atoms with E-state index in [1.165, 1.54) is 18.2 Å². The maximum atomic E-state index is 12.7. The van der Waals surface area contributed by atoms with Crippen LogP contribution in [0.15, 0.2) is 18.2 Å². The van der Waals surface area contributed by atoms with Gasteiger partial charge in [-0.15, -0.1) is 0 Å². The van der Waals surface area contributed by atoms with E-state index < -0.39 is 10.8 Å². The Morgan fingerprint density at radius 2 is 2.12 bits per heavy atom. The van der Waals surface area contributed by atoms with E-state index >= 15 is 0 Å². The lowest BCUT2D eigenvalue weighted by Crippen LogP contribution is -2.48. The lowest BCUT2D eigenvalue weighted by molar-refractivity contribution is -0.385. The number of hydrogen-bond acceptors (Lipinski definition) is 5. The summed E-state index contributed by atoms with van der Waals surface area (Å²) < 4.78 is 5.22. The molecule has 0 radical (unpaired) electrons. The zero-order valence-corrected chi connectivity index (χ0v) is 13.7. The van der Waals surface area contributed by atoms with Gasteiger partial charge in [0.1, 0.15) is 0 Å². The van der Waals surface area contributed by atoms with Crippen molar-refractivity contribution in [1.29, 1.82) is 0 Å². The van der Waals surface area contributed by atoms with E-state index in [1.54, 1.807) is 11.8 Å². The van der Waals surface area contributed by atoms with Gasteiger partial charge in [0.15, 0.2) is 5.75 Å². The molecule has 0 aliphatic carbocycles. The zero-order valence-electron chi connectivity index (χ0n) is 13.7. The molecule has 2 amide bonds. The molecule has 1 heterocycles. The second-order valence-electron chi connectivity index (χ2n) is 5.86. The molecule has 1 aliphatic heterocycles. The fraction of sp³-hybridized carbons (Fsp3) is 0.500. The van der Waals surface area contributed by atoms with E-state index in [0.717, 1.165) is 0 Å². The van der Waals surface area contributed by atoms with E-state index in [4.69, 9.17) is 10.5 Å². The molecule has 1 saturated heterocycles. The predicted molar refractivity (Wildman–Crippen MR) is 86.7 cm³/mol. The highest BCUT2D eigenvalue weighted by Crippen LogP contribution is 2.30. The number of amides is 2. The minimum atomic E-state index is -0.576. The number of ether oxygens (including phenoxy) is 1. The molecule has 1 fully saturated rings. The number of benzene rings is 1. The summed E-state index contributed by atoms with van der Waals surface area (Å²) in [5.41, 5.74) is 5.29. The van der Waals surface area contributed by atoms with Crippen LogP contribution in [0.1, 0.15) is 37.0 Å². The number of nitro groups is 1. The molecule has 8 heteroatoms. The Kier molecular flexibility index (Phi) is 5.38. The minimum Gasteiger partial charge on any atom is -0.487 e. The second-order valence-corrected chi connectivity index (χ2v) is 5.86. The summed E-state index contributed by atoms with van der Waals surface area (Å²) in [5, 5.41) is 11.2. The van der Waals surface area contributed by atoms with Crippen molar-refractivity contribution in [2.24, 2.45) is 11.7 Å². The van der Waals surface area contributed by atoms with Crippen LogP contribution in [0.5, 0.6) is 5.75 Å². The van der Waals surface area contributed by atoms with Gasteiger partial charge < -0.3 is 15.4 Å². The summed E-state index contributed by atoms with van der Waals surface area (Å²) in [6.45, 7) is 4.13. The Labute approximate surface area is 139 Å². The molecular formula is C16H21N3O5. The average molecular weight is 335 g/mol. The number of nitrogens with two attached hydrogens (primary N) is 1. The van der Waals surface area contributed by atoms with Crippen LogP contribution in [0.2, 0.25) is 0 Å². The summed E-state index contributed by atoms with van der Waals surface area (Å²) in [6, 6.07) is 4.09. The number of hydrogen-bond donors (Lipinski definition) is 1. The molecule has 0 bridgehead atoms. The molecule has 1 aromatic rings. The van der Waals surface area contributed by atoms with Gasteiger partial charge >= 0.3 is 5.69 Å². The number of carbonyl (C=O) groups is 2. The number of rotatable bonds is 5.